The second kappa shape index (κ2) is 6.54. The molecule has 1 rings (SSSR count). The number of carbonyl (C=O) groups is 2. The first kappa shape index (κ1) is 15.5. The van der Waals surface area contributed by atoms with Crippen LogP contribution < -0.4 is 11.1 Å². The molecule has 0 saturated carbocycles. The molecule has 0 bridgehead atoms. The van der Waals surface area contributed by atoms with Crippen LogP contribution >= 0.6 is 11.6 Å². The summed E-state index contributed by atoms with van der Waals surface area (Å²) >= 11 is 5.92. The number of hydrogen-bond donors (Lipinski definition) is 2. The van der Waals surface area contributed by atoms with Gasteiger partial charge >= 0.3 is 5.97 Å². The van der Waals surface area contributed by atoms with Gasteiger partial charge in [-0.05, 0) is 38.5 Å². The molecule has 1 aromatic rings. The number of nitrogens with one attached hydrogen (secondary N) is 1. The SMILES string of the molecule is CCOC(=O)c1cc(Cl)cc(C)c1NC(=O)C(C)N. The normalized spacial score (nSPS) is 11.8. The molecule has 0 fully saturated rings. The number of anilines is 1. The average Bonchev–Trinajstić information content (AvgIpc) is 2.32. The summed E-state index contributed by atoms with van der Waals surface area (Å²) in [6.45, 7) is 5.25. The molecule has 0 aliphatic carbocycles. The fourth-order valence-electron chi connectivity index (χ4n) is 1.52. The number of ether oxygens (including phenoxy) is 1. The topological polar surface area (TPSA) is 81.4 Å². The number of nitrogens with two attached hydrogens (primary N) is 1. The Morgan fingerprint density at radius 2 is 2.11 bits per heavy atom. The van der Waals surface area contributed by atoms with Gasteiger partial charge in [0.15, 0.2) is 0 Å². The zero-order valence-corrected chi connectivity index (χ0v) is 11.9. The quantitative estimate of drug-likeness (QED) is 0.830. The van der Waals surface area contributed by atoms with Gasteiger partial charge in [0.2, 0.25) is 5.91 Å². The molecule has 5 nitrogen and oxygen atoms in total. The Kier molecular flexibility index (Phi) is 5.32. The minimum absolute atomic E-state index is 0.223. The van der Waals surface area contributed by atoms with Gasteiger partial charge in [-0.1, -0.05) is 11.6 Å². The molecule has 6 heteroatoms. The lowest BCUT2D eigenvalue weighted by Gasteiger charge is -2.15. The van der Waals surface area contributed by atoms with Gasteiger partial charge < -0.3 is 15.8 Å². The number of amides is 1. The summed E-state index contributed by atoms with van der Waals surface area (Å²) in [4.78, 5) is 23.5. The van der Waals surface area contributed by atoms with Crippen molar-refractivity contribution in [3.63, 3.8) is 0 Å². The smallest absolute Gasteiger partial charge is 0.340 e. The van der Waals surface area contributed by atoms with Gasteiger partial charge in [0.1, 0.15) is 0 Å². The summed E-state index contributed by atoms with van der Waals surface area (Å²) < 4.78 is 4.94. The highest BCUT2D eigenvalue weighted by molar-refractivity contribution is 6.31. The molecule has 0 radical (unpaired) electrons. The predicted octanol–water partition coefficient (Wildman–Crippen LogP) is 2.11. The van der Waals surface area contributed by atoms with Crippen LogP contribution in [0.2, 0.25) is 5.02 Å². The molecule has 0 aromatic heterocycles. The van der Waals surface area contributed by atoms with E-state index >= 15 is 0 Å². The highest BCUT2D eigenvalue weighted by Gasteiger charge is 2.19. The van der Waals surface area contributed by atoms with Crippen molar-refractivity contribution in [2.24, 2.45) is 5.73 Å². The number of carbonyl (C=O) groups excluding carboxylic acids is 2. The Bertz CT molecular complexity index is 501. The van der Waals surface area contributed by atoms with Gasteiger partial charge in [-0.15, -0.1) is 0 Å². The summed E-state index contributed by atoms with van der Waals surface area (Å²) in [7, 11) is 0. The lowest BCUT2D eigenvalue weighted by molar-refractivity contribution is -0.117. The van der Waals surface area contributed by atoms with E-state index < -0.39 is 12.0 Å². The van der Waals surface area contributed by atoms with Gasteiger partial charge in [-0.25, -0.2) is 4.79 Å². The standard InChI is InChI=1S/C13H17ClN2O3/c1-4-19-13(18)10-6-9(14)5-7(2)11(10)16-12(17)8(3)15/h5-6,8H,4,15H2,1-3H3,(H,16,17). The monoisotopic (exact) mass is 284 g/mol. The van der Waals surface area contributed by atoms with Crippen LogP contribution in [-0.2, 0) is 9.53 Å². The number of halogens is 1. The molecular formula is C13H17ClN2O3. The van der Waals surface area contributed by atoms with Gasteiger partial charge in [0.25, 0.3) is 0 Å². The van der Waals surface area contributed by atoms with E-state index in [9.17, 15) is 9.59 Å². The van der Waals surface area contributed by atoms with Gasteiger partial charge in [0.05, 0.1) is 23.9 Å². The third kappa shape index (κ3) is 3.94. The van der Waals surface area contributed by atoms with E-state index in [0.29, 0.717) is 16.3 Å². The molecule has 0 saturated heterocycles. The summed E-state index contributed by atoms with van der Waals surface area (Å²) in [6, 6.07) is 2.44. The first-order valence-corrected chi connectivity index (χ1v) is 6.28. The third-order valence-electron chi connectivity index (χ3n) is 2.46. The maximum atomic E-state index is 11.9. The van der Waals surface area contributed by atoms with E-state index in [1.54, 1.807) is 26.8 Å². The van der Waals surface area contributed by atoms with Crippen LogP contribution in [0, 0.1) is 6.92 Å². The van der Waals surface area contributed by atoms with Crippen molar-refractivity contribution < 1.29 is 14.3 Å². The Morgan fingerprint density at radius 1 is 1.47 bits per heavy atom. The van der Waals surface area contributed by atoms with Gasteiger partial charge in [-0.3, -0.25) is 4.79 Å². The number of rotatable bonds is 4. The first-order chi connectivity index (χ1) is 8.86. The molecule has 0 aliphatic heterocycles. The van der Waals surface area contributed by atoms with E-state index in [1.165, 1.54) is 6.07 Å². The highest BCUT2D eigenvalue weighted by Crippen LogP contribution is 2.26. The van der Waals surface area contributed by atoms with Crippen molar-refractivity contribution in [1.29, 1.82) is 0 Å². The number of benzene rings is 1. The molecule has 0 heterocycles. The predicted molar refractivity (Wildman–Crippen MR) is 74.4 cm³/mol. The summed E-state index contributed by atoms with van der Waals surface area (Å²) in [6.07, 6.45) is 0. The van der Waals surface area contributed by atoms with E-state index in [-0.39, 0.29) is 18.1 Å². The summed E-state index contributed by atoms with van der Waals surface area (Å²) in [5.74, 6) is -0.913. The van der Waals surface area contributed by atoms with Crippen molar-refractivity contribution in [2.45, 2.75) is 26.8 Å². The molecule has 104 valence electrons. The third-order valence-corrected chi connectivity index (χ3v) is 2.68. The molecule has 0 spiro atoms. The first-order valence-electron chi connectivity index (χ1n) is 5.90. The lowest BCUT2D eigenvalue weighted by Crippen LogP contribution is -2.33. The van der Waals surface area contributed by atoms with E-state index in [2.05, 4.69) is 5.32 Å². The van der Waals surface area contributed by atoms with Crippen LogP contribution in [0.1, 0.15) is 29.8 Å². The minimum Gasteiger partial charge on any atom is -0.462 e. The van der Waals surface area contributed by atoms with Crippen molar-refractivity contribution in [2.75, 3.05) is 11.9 Å². The van der Waals surface area contributed by atoms with Crippen molar-refractivity contribution in [3.8, 4) is 0 Å². The zero-order chi connectivity index (χ0) is 14.6. The molecule has 0 aliphatic rings. The summed E-state index contributed by atoms with van der Waals surface area (Å²) in [5.41, 5.74) is 6.77. The van der Waals surface area contributed by atoms with E-state index in [4.69, 9.17) is 22.1 Å². The Balaban J connectivity index is 3.20. The maximum absolute atomic E-state index is 11.9. The highest BCUT2D eigenvalue weighted by atomic mass is 35.5. The van der Waals surface area contributed by atoms with E-state index in [0.717, 1.165) is 0 Å². The summed E-state index contributed by atoms with van der Waals surface area (Å²) in [5, 5.41) is 3.02. The average molecular weight is 285 g/mol. The van der Waals surface area contributed by atoms with Crippen LogP contribution in [0.4, 0.5) is 5.69 Å². The minimum atomic E-state index is -0.676. The molecular weight excluding hydrogens is 268 g/mol. The second-order valence-electron chi connectivity index (χ2n) is 4.14. The van der Waals surface area contributed by atoms with Crippen LogP contribution in [0.15, 0.2) is 12.1 Å². The van der Waals surface area contributed by atoms with Crippen LogP contribution in [0.5, 0.6) is 0 Å². The second-order valence-corrected chi connectivity index (χ2v) is 4.58. The van der Waals surface area contributed by atoms with Gasteiger partial charge in [0, 0.05) is 5.02 Å². The Hall–Kier alpha value is -1.59. The fourth-order valence-corrected chi connectivity index (χ4v) is 1.79. The molecule has 3 N–H and O–H groups in total. The fraction of sp³-hybridized carbons (Fsp3) is 0.385. The maximum Gasteiger partial charge on any atom is 0.340 e. The molecule has 1 unspecified atom stereocenters. The zero-order valence-electron chi connectivity index (χ0n) is 11.1. The van der Waals surface area contributed by atoms with Crippen molar-refractivity contribution in [1.82, 2.24) is 0 Å². The number of hydrogen-bond acceptors (Lipinski definition) is 4. The van der Waals surface area contributed by atoms with Crippen molar-refractivity contribution >= 4 is 29.2 Å². The Labute approximate surface area is 117 Å². The lowest BCUT2D eigenvalue weighted by atomic mass is 10.1. The van der Waals surface area contributed by atoms with Gasteiger partial charge in [-0.2, -0.15) is 0 Å². The molecule has 1 aromatic carbocycles. The number of esters is 1. The van der Waals surface area contributed by atoms with E-state index in [1.807, 2.05) is 0 Å². The van der Waals surface area contributed by atoms with Crippen molar-refractivity contribution in [3.05, 3.63) is 28.3 Å². The largest absolute Gasteiger partial charge is 0.462 e. The molecule has 1 atom stereocenters. The molecule has 19 heavy (non-hydrogen) atoms. The number of aryl methyl sites for hydroxylation is 1. The van der Waals surface area contributed by atoms with Crippen LogP contribution in [0.25, 0.3) is 0 Å². The van der Waals surface area contributed by atoms with Crippen LogP contribution in [-0.4, -0.2) is 24.5 Å². The Morgan fingerprint density at radius 3 is 2.63 bits per heavy atom. The molecule has 1 amide bonds. The van der Waals surface area contributed by atoms with Crippen LogP contribution in [0.3, 0.4) is 0 Å².